The fourth-order valence-electron chi connectivity index (χ4n) is 3.65. The second-order valence-corrected chi connectivity index (χ2v) is 10.2. The third-order valence-corrected chi connectivity index (χ3v) is 7.30. The maximum absolute atomic E-state index is 13.5. The molecule has 184 valence electrons. The van der Waals surface area contributed by atoms with Gasteiger partial charge in [0.05, 0.1) is 15.8 Å². The van der Waals surface area contributed by atoms with Crippen molar-refractivity contribution in [1.82, 2.24) is 10.2 Å². The van der Waals surface area contributed by atoms with Crippen molar-refractivity contribution in [3.8, 4) is 0 Å². The highest BCUT2D eigenvalue weighted by Crippen LogP contribution is 2.25. The van der Waals surface area contributed by atoms with Crippen LogP contribution in [0.4, 0.5) is 0 Å². The molecule has 0 aliphatic carbocycles. The minimum Gasteiger partial charge on any atom is -0.355 e. The summed E-state index contributed by atoms with van der Waals surface area (Å²) in [7, 11) is 0. The van der Waals surface area contributed by atoms with Gasteiger partial charge in [-0.25, -0.2) is 0 Å². The van der Waals surface area contributed by atoms with Gasteiger partial charge in [0.25, 0.3) is 0 Å². The van der Waals surface area contributed by atoms with Gasteiger partial charge in [-0.3, -0.25) is 9.59 Å². The summed E-state index contributed by atoms with van der Waals surface area (Å²) in [5, 5.41) is 4.46. The maximum atomic E-state index is 13.5. The first-order valence-electron chi connectivity index (χ1n) is 11.2. The van der Waals surface area contributed by atoms with Crippen molar-refractivity contribution in [2.45, 2.75) is 31.7 Å². The molecule has 0 saturated carbocycles. The second-order valence-electron chi connectivity index (χ2n) is 7.99. The van der Waals surface area contributed by atoms with Gasteiger partial charge in [-0.1, -0.05) is 83.3 Å². The number of hydrogen-bond donors (Lipinski definition) is 1. The zero-order valence-corrected chi connectivity index (χ0v) is 22.4. The molecule has 3 aromatic carbocycles. The molecule has 0 saturated heterocycles. The van der Waals surface area contributed by atoms with Gasteiger partial charge in [0.15, 0.2) is 0 Å². The van der Waals surface area contributed by atoms with Crippen LogP contribution in [0.5, 0.6) is 0 Å². The molecular weight excluding hydrogens is 523 g/mol. The number of benzene rings is 3. The fraction of sp³-hybridized carbons (Fsp3) is 0.259. The van der Waals surface area contributed by atoms with Crippen LogP contribution >= 0.6 is 46.6 Å². The number of likely N-dealkylation sites (N-methyl/N-ethyl adjacent to an activating group) is 1. The van der Waals surface area contributed by atoms with Crippen molar-refractivity contribution in [3.63, 3.8) is 0 Å². The van der Waals surface area contributed by atoms with E-state index in [0.717, 1.165) is 16.7 Å². The molecule has 0 aliphatic heterocycles. The highest BCUT2D eigenvalue weighted by molar-refractivity contribution is 7.99. The Hall–Kier alpha value is -2.18. The topological polar surface area (TPSA) is 49.4 Å². The molecule has 2 amide bonds. The van der Waals surface area contributed by atoms with Gasteiger partial charge in [-0.2, -0.15) is 0 Å². The molecule has 3 rings (SSSR count). The number of carbonyl (C=O) groups excluding carboxylic acids is 2. The largest absolute Gasteiger partial charge is 0.355 e. The van der Waals surface area contributed by atoms with Gasteiger partial charge in [-0.15, -0.1) is 11.8 Å². The van der Waals surface area contributed by atoms with E-state index in [1.54, 1.807) is 23.1 Å². The van der Waals surface area contributed by atoms with Gasteiger partial charge in [0.1, 0.15) is 6.04 Å². The molecule has 0 spiro atoms. The Bertz CT molecular complexity index is 1140. The summed E-state index contributed by atoms with van der Waals surface area (Å²) in [5.41, 5.74) is 2.82. The maximum Gasteiger partial charge on any atom is 0.243 e. The number of thioether (sulfide) groups is 1. The summed E-state index contributed by atoms with van der Waals surface area (Å²) in [5.74, 6) is 0.507. The molecule has 0 radical (unpaired) electrons. The molecule has 35 heavy (non-hydrogen) atoms. The van der Waals surface area contributed by atoms with Crippen molar-refractivity contribution in [2.24, 2.45) is 0 Å². The summed E-state index contributed by atoms with van der Waals surface area (Å²) in [6.07, 6.45) is 0.413. The number of amides is 2. The molecule has 1 N–H and O–H groups in total. The highest BCUT2D eigenvalue weighted by atomic mass is 35.5. The molecule has 3 aromatic rings. The van der Waals surface area contributed by atoms with E-state index in [2.05, 4.69) is 5.32 Å². The van der Waals surface area contributed by atoms with E-state index in [1.165, 1.54) is 11.8 Å². The van der Waals surface area contributed by atoms with E-state index in [1.807, 2.05) is 61.5 Å². The normalized spacial score (nSPS) is 11.7. The Kier molecular flexibility index (Phi) is 10.8. The van der Waals surface area contributed by atoms with Gasteiger partial charge >= 0.3 is 0 Å². The van der Waals surface area contributed by atoms with Crippen molar-refractivity contribution >= 4 is 58.4 Å². The first-order chi connectivity index (χ1) is 16.9. The van der Waals surface area contributed by atoms with Crippen LogP contribution in [0.2, 0.25) is 15.1 Å². The van der Waals surface area contributed by atoms with Gasteiger partial charge < -0.3 is 10.2 Å². The number of halogens is 3. The third kappa shape index (κ3) is 8.46. The van der Waals surface area contributed by atoms with E-state index in [-0.39, 0.29) is 24.1 Å². The lowest BCUT2D eigenvalue weighted by molar-refractivity contribution is -0.139. The Morgan fingerprint density at radius 2 is 1.63 bits per heavy atom. The van der Waals surface area contributed by atoms with Crippen LogP contribution in [0.3, 0.4) is 0 Å². The van der Waals surface area contributed by atoms with Gasteiger partial charge in [0.2, 0.25) is 11.8 Å². The van der Waals surface area contributed by atoms with Crippen LogP contribution in [0.25, 0.3) is 0 Å². The molecular formula is C27H27Cl3N2O2S. The standard InChI is InChI=1S/C27H27Cl3N2O2S/c1-2-31-27(34)25(15-19-7-4-3-5-8-19)32(16-20-9-6-10-22(28)13-20)26(33)18-35-17-21-11-12-23(29)24(30)14-21/h3-14,25H,2,15-18H2,1H3,(H,31,34)/t25-/m0/s1. The molecule has 0 heterocycles. The van der Waals surface area contributed by atoms with Crippen molar-refractivity contribution < 1.29 is 9.59 Å². The first-order valence-corrected chi connectivity index (χ1v) is 13.5. The Morgan fingerprint density at radius 3 is 2.31 bits per heavy atom. The third-order valence-electron chi connectivity index (χ3n) is 5.34. The molecule has 0 bridgehead atoms. The van der Waals surface area contributed by atoms with Gasteiger partial charge in [0, 0.05) is 30.3 Å². The number of carbonyl (C=O) groups is 2. The Morgan fingerprint density at radius 1 is 0.886 bits per heavy atom. The highest BCUT2D eigenvalue weighted by Gasteiger charge is 2.30. The molecule has 1 atom stereocenters. The van der Waals surface area contributed by atoms with Crippen molar-refractivity contribution in [2.75, 3.05) is 12.3 Å². The van der Waals surface area contributed by atoms with Crippen LogP contribution in [0.1, 0.15) is 23.6 Å². The predicted molar refractivity (Wildman–Crippen MR) is 147 cm³/mol. The average Bonchev–Trinajstić information content (AvgIpc) is 2.84. The molecule has 8 heteroatoms. The molecule has 4 nitrogen and oxygen atoms in total. The quantitative estimate of drug-likeness (QED) is 0.291. The fourth-order valence-corrected chi connectivity index (χ4v) is 5.04. The van der Waals surface area contributed by atoms with E-state index >= 15 is 0 Å². The summed E-state index contributed by atoms with van der Waals surface area (Å²) in [6.45, 7) is 2.63. The molecule has 0 unspecified atom stereocenters. The number of hydrogen-bond acceptors (Lipinski definition) is 3. The summed E-state index contributed by atoms with van der Waals surface area (Å²) < 4.78 is 0. The van der Waals surface area contributed by atoms with Crippen LogP contribution < -0.4 is 5.32 Å². The average molecular weight is 550 g/mol. The molecule has 0 aromatic heterocycles. The Labute approximate surface area is 225 Å². The minimum atomic E-state index is -0.658. The smallest absolute Gasteiger partial charge is 0.243 e. The SMILES string of the molecule is CCNC(=O)[C@H](Cc1ccccc1)N(Cc1cccc(Cl)c1)C(=O)CSCc1ccc(Cl)c(Cl)c1. The van der Waals surface area contributed by atoms with Crippen LogP contribution in [0.15, 0.2) is 72.8 Å². The lowest BCUT2D eigenvalue weighted by Gasteiger charge is -2.31. The van der Waals surface area contributed by atoms with E-state index < -0.39 is 6.04 Å². The monoisotopic (exact) mass is 548 g/mol. The minimum absolute atomic E-state index is 0.123. The summed E-state index contributed by atoms with van der Waals surface area (Å²) in [6, 6.07) is 21.9. The van der Waals surface area contributed by atoms with Crippen molar-refractivity contribution in [3.05, 3.63) is 105 Å². The number of nitrogens with zero attached hydrogens (tertiary/aromatic N) is 1. The van der Waals surface area contributed by atoms with Crippen LogP contribution in [0, 0.1) is 0 Å². The van der Waals surface area contributed by atoms with E-state index in [4.69, 9.17) is 34.8 Å². The van der Waals surface area contributed by atoms with Crippen LogP contribution in [-0.4, -0.2) is 35.1 Å². The van der Waals surface area contributed by atoms with Crippen LogP contribution in [-0.2, 0) is 28.3 Å². The zero-order chi connectivity index (χ0) is 25.2. The van der Waals surface area contributed by atoms with Crippen molar-refractivity contribution in [1.29, 1.82) is 0 Å². The predicted octanol–water partition coefficient (Wildman–Crippen LogP) is 6.66. The summed E-state index contributed by atoms with van der Waals surface area (Å²) in [4.78, 5) is 28.3. The van der Waals surface area contributed by atoms with E-state index in [0.29, 0.717) is 33.8 Å². The van der Waals surface area contributed by atoms with E-state index in [9.17, 15) is 9.59 Å². The second kappa shape index (κ2) is 13.8. The lowest BCUT2D eigenvalue weighted by atomic mass is 10.0. The lowest BCUT2D eigenvalue weighted by Crippen LogP contribution is -2.51. The zero-order valence-electron chi connectivity index (χ0n) is 19.3. The summed E-state index contributed by atoms with van der Waals surface area (Å²) >= 11 is 19.8. The number of rotatable bonds is 11. The molecule has 0 fully saturated rings. The Balaban J connectivity index is 1.82. The number of nitrogens with one attached hydrogen (secondary N) is 1. The van der Waals surface area contributed by atoms with Gasteiger partial charge in [-0.05, 0) is 47.9 Å². The molecule has 0 aliphatic rings. The first kappa shape index (κ1) is 27.4.